The maximum atomic E-state index is 12.5. The lowest BCUT2D eigenvalue weighted by Crippen LogP contribution is -2.18. The molecule has 0 aliphatic carbocycles. The number of nitrogens with zero attached hydrogens (tertiary/aromatic N) is 2. The van der Waals surface area contributed by atoms with Crippen molar-refractivity contribution < 1.29 is 19.2 Å². The van der Waals surface area contributed by atoms with Crippen molar-refractivity contribution in [1.29, 1.82) is 0 Å². The van der Waals surface area contributed by atoms with Gasteiger partial charge in [-0.15, -0.1) is 0 Å². The molecule has 1 saturated heterocycles. The molecule has 7 heteroatoms. The summed E-state index contributed by atoms with van der Waals surface area (Å²) in [5, 5.41) is 10.7. The highest BCUT2D eigenvalue weighted by Crippen LogP contribution is 2.22. The Kier molecular flexibility index (Phi) is 5.37. The van der Waals surface area contributed by atoms with E-state index in [2.05, 4.69) is 4.57 Å². The van der Waals surface area contributed by atoms with Crippen molar-refractivity contribution in [3.63, 3.8) is 0 Å². The molecule has 0 amide bonds. The highest BCUT2D eigenvalue weighted by Gasteiger charge is 2.21. The lowest BCUT2D eigenvalue weighted by atomic mass is 10.1. The number of ether oxygens (including phenoxy) is 2. The Balaban J connectivity index is 1.65. The van der Waals surface area contributed by atoms with Crippen LogP contribution in [0.25, 0.3) is 0 Å². The Morgan fingerprint density at radius 2 is 2.08 bits per heavy atom. The maximum Gasteiger partial charge on any atom is 0.269 e. The van der Waals surface area contributed by atoms with E-state index in [4.69, 9.17) is 9.47 Å². The predicted octanol–water partition coefficient (Wildman–Crippen LogP) is 3.45. The zero-order valence-corrected chi connectivity index (χ0v) is 14.9. The second kappa shape index (κ2) is 7.70. The number of hydrogen-bond donors (Lipinski definition) is 0. The van der Waals surface area contributed by atoms with Gasteiger partial charge in [0.05, 0.1) is 11.0 Å². The summed E-state index contributed by atoms with van der Waals surface area (Å²) in [5.74, 6) is 0.312. The summed E-state index contributed by atoms with van der Waals surface area (Å²) in [6.45, 7) is 5.37. The van der Waals surface area contributed by atoms with E-state index in [0.29, 0.717) is 11.3 Å². The van der Waals surface area contributed by atoms with E-state index in [1.165, 1.54) is 24.3 Å². The van der Waals surface area contributed by atoms with E-state index < -0.39 is 4.92 Å². The zero-order chi connectivity index (χ0) is 18.7. The van der Waals surface area contributed by atoms with Gasteiger partial charge in [0.2, 0.25) is 5.78 Å². The van der Waals surface area contributed by atoms with E-state index in [1.54, 1.807) is 0 Å². The normalized spacial score (nSPS) is 16.6. The molecular weight excluding hydrogens is 336 g/mol. The Morgan fingerprint density at radius 3 is 2.69 bits per heavy atom. The largest absolute Gasteiger partial charge is 0.485 e. The summed E-state index contributed by atoms with van der Waals surface area (Å²) >= 11 is 0. The van der Waals surface area contributed by atoms with Crippen LogP contribution in [-0.2, 0) is 11.3 Å². The maximum absolute atomic E-state index is 12.5. The number of ketones is 1. The summed E-state index contributed by atoms with van der Waals surface area (Å²) in [5.41, 5.74) is 2.57. The van der Waals surface area contributed by atoms with Crippen LogP contribution in [0.4, 0.5) is 5.69 Å². The van der Waals surface area contributed by atoms with Crippen molar-refractivity contribution in [2.75, 3.05) is 13.2 Å². The number of non-ortho nitro benzene ring substituents is 1. The lowest BCUT2D eigenvalue weighted by Gasteiger charge is -2.14. The summed E-state index contributed by atoms with van der Waals surface area (Å²) in [6.07, 6.45) is 2.33. The Hall–Kier alpha value is -2.67. The van der Waals surface area contributed by atoms with Crippen LogP contribution in [0.15, 0.2) is 30.3 Å². The van der Waals surface area contributed by atoms with E-state index in [-0.39, 0.29) is 24.2 Å². The molecule has 1 aromatic carbocycles. The molecule has 0 spiro atoms. The van der Waals surface area contributed by atoms with Crippen LogP contribution in [0.2, 0.25) is 0 Å². The number of nitro benzene ring substituents is 1. The van der Waals surface area contributed by atoms with Gasteiger partial charge in [0, 0.05) is 42.2 Å². The van der Waals surface area contributed by atoms with Gasteiger partial charge in [0.15, 0.2) is 6.61 Å². The van der Waals surface area contributed by atoms with E-state index in [1.807, 2.05) is 19.9 Å². The van der Waals surface area contributed by atoms with Crippen LogP contribution < -0.4 is 4.74 Å². The average Bonchev–Trinajstić information content (AvgIpc) is 3.24. The number of aryl methyl sites for hydroxylation is 1. The first kappa shape index (κ1) is 18.1. The number of Topliss-reactive ketones (excluding diaryl/α,β-unsaturated/α-hetero) is 1. The molecular formula is C19H22N2O5. The molecule has 0 bridgehead atoms. The summed E-state index contributed by atoms with van der Waals surface area (Å²) in [4.78, 5) is 22.7. The van der Waals surface area contributed by atoms with Crippen molar-refractivity contribution >= 4 is 11.5 Å². The fourth-order valence-electron chi connectivity index (χ4n) is 3.25. The third-order valence-corrected chi connectivity index (χ3v) is 4.70. The first-order valence-corrected chi connectivity index (χ1v) is 8.64. The average molecular weight is 358 g/mol. The Bertz CT molecular complexity index is 804. The smallest absolute Gasteiger partial charge is 0.269 e. The molecule has 7 nitrogen and oxygen atoms in total. The molecule has 0 radical (unpaired) electrons. The summed E-state index contributed by atoms with van der Waals surface area (Å²) in [7, 11) is 0. The van der Waals surface area contributed by atoms with E-state index in [9.17, 15) is 14.9 Å². The lowest BCUT2D eigenvalue weighted by molar-refractivity contribution is -0.384. The van der Waals surface area contributed by atoms with E-state index >= 15 is 0 Å². The van der Waals surface area contributed by atoms with Crippen LogP contribution in [0.1, 0.15) is 34.6 Å². The SMILES string of the molecule is Cc1cc(C(=O)COc2ccc([N+](=O)[O-])cc2)c(C)n1C[C@@H]1CCCO1. The van der Waals surface area contributed by atoms with Gasteiger partial charge in [-0.25, -0.2) is 0 Å². The second-order valence-electron chi connectivity index (χ2n) is 6.49. The van der Waals surface area contributed by atoms with Crippen molar-refractivity contribution in [2.45, 2.75) is 39.3 Å². The molecule has 1 atom stereocenters. The fourth-order valence-corrected chi connectivity index (χ4v) is 3.25. The van der Waals surface area contributed by atoms with Crippen LogP contribution >= 0.6 is 0 Å². The minimum atomic E-state index is -0.474. The van der Waals surface area contributed by atoms with E-state index in [0.717, 1.165) is 37.4 Å². The number of nitro groups is 1. The third kappa shape index (κ3) is 3.94. The highest BCUT2D eigenvalue weighted by molar-refractivity contribution is 5.98. The molecule has 1 aliphatic rings. The molecule has 3 rings (SSSR count). The molecule has 26 heavy (non-hydrogen) atoms. The summed E-state index contributed by atoms with van der Waals surface area (Å²) in [6, 6.07) is 7.57. The number of carbonyl (C=O) groups excluding carboxylic acids is 1. The molecule has 1 aromatic heterocycles. The van der Waals surface area contributed by atoms with Crippen molar-refractivity contribution in [2.24, 2.45) is 0 Å². The fraction of sp³-hybridized carbons (Fsp3) is 0.421. The van der Waals surface area contributed by atoms with Crippen LogP contribution in [0, 0.1) is 24.0 Å². The number of carbonyl (C=O) groups is 1. The van der Waals surface area contributed by atoms with Gasteiger partial charge in [0.1, 0.15) is 5.75 Å². The van der Waals surface area contributed by atoms with Crippen molar-refractivity contribution in [3.05, 3.63) is 57.4 Å². The first-order chi connectivity index (χ1) is 12.5. The third-order valence-electron chi connectivity index (χ3n) is 4.70. The van der Waals surface area contributed by atoms with Gasteiger partial charge in [-0.05, 0) is 44.9 Å². The number of hydrogen-bond acceptors (Lipinski definition) is 5. The van der Waals surface area contributed by atoms with Crippen LogP contribution in [-0.4, -0.2) is 34.6 Å². The highest BCUT2D eigenvalue weighted by atomic mass is 16.6. The predicted molar refractivity (Wildman–Crippen MR) is 95.8 cm³/mol. The Labute approximate surface area is 151 Å². The summed E-state index contributed by atoms with van der Waals surface area (Å²) < 4.78 is 13.3. The zero-order valence-electron chi connectivity index (χ0n) is 14.9. The van der Waals surface area contributed by atoms with Crippen molar-refractivity contribution in [3.8, 4) is 5.75 Å². The van der Waals surface area contributed by atoms with Gasteiger partial charge < -0.3 is 14.0 Å². The van der Waals surface area contributed by atoms with Crippen molar-refractivity contribution in [1.82, 2.24) is 4.57 Å². The molecule has 0 N–H and O–H groups in total. The molecule has 0 saturated carbocycles. The van der Waals surface area contributed by atoms with Gasteiger partial charge in [0.25, 0.3) is 5.69 Å². The second-order valence-corrected chi connectivity index (χ2v) is 6.49. The molecule has 0 unspecified atom stereocenters. The quantitative estimate of drug-likeness (QED) is 0.430. The molecule has 138 valence electrons. The first-order valence-electron chi connectivity index (χ1n) is 8.64. The van der Waals surface area contributed by atoms with Gasteiger partial charge in [-0.2, -0.15) is 0 Å². The number of benzene rings is 1. The molecule has 1 fully saturated rings. The minimum absolute atomic E-state index is 0.0126. The monoisotopic (exact) mass is 358 g/mol. The molecule has 2 heterocycles. The molecule has 1 aliphatic heterocycles. The van der Waals surface area contributed by atoms with Gasteiger partial charge in [-0.1, -0.05) is 0 Å². The van der Waals surface area contributed by atoms with Gasteiger partial charge in [-0.3, -0.25) is 14.9 Å². The number of aromatic nitrogens is 1. The van der Waals surface area contributed by atoms with Gasteiger partial charge >= 0.3 is 0 Å². The van der Waals surface area contributed by atoms with Crippen LogP contribution in [0.5, 0.6) is 5.75 Å². The minimum Gasteiger partial charge on any atom is -0.485 e. The topological polar surface area (TPSA) is 83.6 Å². The van der Waals surface area contributed by atoms with Crippen LogP contribution in [0.3, 0.4) is 0 Å². The molecule has 2 aromatic rings. The Morgan fingerprint density at radius 1 is 1.35 bits per heavy atom. The number of rotatable bonds is 7. The standard InChI is InChI=1S/C19H22N2O5/c1-13-10-18(14(2)20(13)11-17-4-3-9-25-17)19(22)12-26-16-7-5-15(6-8-16)21(23)24/h5-8,10,17H,3-4,9,11-12H2,1-2H3/t17-/m0/s1.